The predicted molar refractivity (Wildman–Crippen MR) is 340 cm³/mol. The minimum Gasteiger partial charge on any atom is -0.456 e. The molecule has 0 saturated carbocycles. The van der Waals surface area contributed by atoms with Crippen LogP contribution < -0.4 is 0 Å². The van der Waals surface area contributed by atoms with E-state index in [0.717, 1.165) is 138 Å². The van der Waals surface area contributed by atoms with Gasteiger partial charge in [0.05, 0.1) is 16.7 Å². The molecule has 0 spiro atoms. The molecule has 82 heavy (non-hydrogen) atoms. The summed E-state index contributed by atoms with van der Waals surface area (Å²) in [5.41, 5.74) is 19.8. The van der Waals surface area contributed by atoms with Gasteiger partial charge in [0, 0.05) is 65.9 Å². The lowest BCUT2D eigenvalue weighted by atomic mass is 9.92. The Morgan fingerprint density at radius 2 is 0.817 bits per heavy atom. The van der Waals surface area contributed by atoms with E-state index in [9.17, 15) is 0 Å². The fourth-order valence-corrected chi connectivity index (χ4v) is 11.9. The van der Waals surface area contributed by atoms with Gasteiger partial charge in [-0.15, -0.1) is 0 Å². The molecular formula is C76H50N4O2. The molecule has 0 bridgehead atoms. The largest absolute Gasteiger partial charge is 0.456 e. The maximum atomic E-state index is 6.49. The zero-order valence-corrected chi connectivity index (χ0v) is 44.8. The molecule has 6 nitrogen and oxygen atoms in total. The highest BCUT2D eigenvalue weighted by Crippen LogP contribution is 2.48. The summed E-state index contributed by atoms with van der Waals surface area (Å²) < 4.78 is 15.5. The Kier molecular flexibility index (Phi) is 11.8. The quantitative estimate of drug-likeness (QED) is 0.129. The monoisotopic (exact) mass is 1050 g/mol. The van der Waals surface area contributed by atoms with Crippen molar-refractivity contribution in [2.45, 2.75) is 6.92 Å². The number of aromatic nitrogens is 4. The van der Waals surface area contributed by atoms with Crippen molar-refractivity contribution in [3.05, 3.63) is 279 Å². The van der Waals surface area contributed by atoms with E-state index in [1.165, 1.54) is 0 Å². The van der Waals surface area contributed by atoms with Crippen molar-refractivity contribution < 1.29 is 8.83 Å². The Morgan fingerprint density at radius 1 is 0.354 bits per heavy atom. The van der Waals surface area contributed by atoms with Gasteiger partial charge in [0.25, 0.3) is 0 Å². The van der Waals surface area contributed by atoms with Gasteiger partial charge < -0.3 is 13.4 Å². The van der Waals surface area contributed by atoms with Crippen LogP contribution >= 0.6 is 0 Å². The Balaban J connectivity index is 1.04. The van der Waals surface area contributed by atoms with Gasteiger partial charge in [-0.3, -0.25) is 0 Å². The molecule has 6 heteroatoms. The normalized spacial score (nSPS) is 11.7. The van der Waals surface area contributed by atoms with Crippen LogP contribution in [0.25, 0.3) is 162 Å². The summed E-state index contributed by atoms with van der Waals surface area (Å²) in [5, 5.41) is 5.33. The first-order valence-electron chi connectivity index (χ1n) is 27.6. The summed E-state index contributed by atoms with van der Waals surface area (Å²) in [6.07, 6.45) is 5.78. The average molecular weight is 1050 g/mol. The molecule has 0 fully saturated rings. The number of hydrogen-bond acceptors (Lipinski definition) is 5. The Bertz CT molecular complexity index is 4920. The van der Waals surface area contributed by atoms with Crippen LogP contribution in [-0.4, -0.2) is 19.5 Å². The second-order valence-electron chi connectivity index (χ2n) is 20.6. The molecule has 11 aromatic carbocycles. The second-order valence-corrected chi connectivity index (χ2v) is 20.6. The van der Waals surface area contributed by atoms with Crippen molar-refractivity contribution in [3.8, 4) is 95.5 Å². The van der Waals surface area contributed by atoms with Crippen LogP contribution in [0, 0.1) is 0 Å². The first kappa shape index (κ1) is 48.2. The van der Waals surface area contributed by atoms with E-state index in [1.807, 2.05) is 55.5 Å². The van der Waals surface area contributed by atoms with Crippen LogP contribution in [-0.2, 0) is 0 Å². The van der Waals surface area contributed by atoms with Crippen molar-refractivity contribution in [2.24, 2.45) is 0 Å². The van der Waals surface area contributed by atoms with E-state index in [-0.39, 0.29) is 0 Å². The minimum absolute atomic E-state index is 0.501. The molecule has 386 valence electrons. The summed E-state index contributed by atoms with van der Waals surface area (Å²) in [7, 11) is 0. The first-order chi connectivity index (χ1) is 40.5. The van der Waals surface area contributed by atoms with E-state index in [4.69, 9.17) is 23.8 Å². The lowest BCUT2D eigenvalue weighted by Gasteiger charge is -2.22. The topological polar surface area (TPSA) is 69.9 Å². The van der Waals surface area contributed by atoms with Gasteiger partial charge in [-0.05, 0) is 119 Å². The van der Waals surface area contributed by atoms with Crippen LogP contribution in [0.1, 0.15) is 18.2 Å². The van der Waals surface area contributed by atoms with Crippen molar-refractivity contribution in [2.75, 3.05) is 0 Å². The highest BCUT2D eigenvalue weighted by atomic mass is 16.3. The molecule has 0 amide bonds. The number of fused-ring (bicyclic) bond motifs is 7. The third kappa shape index (κ3) is 8.32. The number of furan rings is 2. The predicted octanol–water partition coefficient (Wildman–Crippen LogP) is 20.6. The highest BCUT2D eigenvalue weighted by Gasteiger charge is 2.26. The SMILES string of the molecule is C=Cc1c(/C=C\C)oc2cc(-c3nc(-c4cc(-c5ccccc5)c(-n5c6ccc(-c7ccccc7)cc6c6cc(-c7ccccc7)cc(-c7ccccc7)c65)c(-c5ccccc5)c4)nc(-c4ccc5c(c4)oc4ccccc45)n3)ccc12. The lowest BCUT2D eigenvalue weighted by Crippen LogP contribution is -2.04. The smallest absolute Gasteiger partial charge is 0.164 e. The van der Waals surface area contributed by atoms with Crippen LogP contribution in [0.15, 0.2) is 276 Å². The molecule has 0 aliphatic heterocycles. The number of benzene rings is 11. The summed E-state index contributed by atoms with van der Waals surface area (Å²) in [5.74, 6) is 2.27. The minimum atomic E-state index is 0.501. The van der Waals surface area contributed by atoms with E-state index in [0.29, 0.717) is 23.1 Å². The molecule has 4 heterocycles. The molecular weight excluding hydrogens is 1000 g/mol. The second kappa shape index (κ2) is 20.1. The number of para-hydroxylation sites is 1. The van der Waals surface area contributed by atoms with E-state index >= 15 is 0 Å². The summed E-state index contributed by atoms with van der Waals surface area (Å²) in [4.78, 5) is 16.2. The van der Waals surface area contributed by atoms with E-state index in [1.54, 1.807) is 0 Å². The third-order valence-electron chi connectivity index (χ3n) is 15.7. The van der Waals surface area contributed by atoms with Crippen LogP contribution in [0.5, 0.6) is 0 Å². The van der Waals surface area contributed by atoms with Gasteiger partial charge >= 0.3 is 0 Å². The summed E-state index contributed by atoms with van der Waals surface area (Å²) >= 11 is 0. The lowest BCUT2D eigenvalue weighted by molar-refractivity contribution is 0.603. The molecule has 0 saturated heterocycles. The van der Waals surface area contributed by atoms with Crippen molar-refractivity contribution in [1.29, 1.82) is 0 Å². The van der Waals surface area contributed by atoms with Crippen LogP contribution in [0.3, 0.4) is 0 Å². The Morgan fingerprint density at radius 3 is 1.40 bits per heavy atom. The zero-order valence-electron chi connectivity index (χ0n) is 44.8. The van der Waals surface area contributed by atoms with Crippen molar-refractivity contribution in [1.82, 2.24) is 19.5 Å². The molecule has 15 rings (SSSR count). The number of rotatable bonds is 11. The molecule has 15 aromatic rings. The van der Waals surface area contributed by atoms with Gasteiger partial charge in [-0.25, -0.2) is 15.0 Å². The van der Waals surface area contributed by atoms with Gasteiger partial charge in [0.2, 0.25) is 0 Å². The van der Waals surface area contributed by atoms with E-state index in [2.05, 4.69) is 236 Å². The van der Waals surface area contributed by atoms with Gasteiger partial charge in [-0.2, -0.15) is 0 Å². The summed E-state index contributed by atoms with van der Waals surface area (Å²) in [6.45, 7) is 6.11. The van der Waals surface area contributed by atoms with Crippen LogP contribution in [0.2, 0.25) is 0 Å². The average Bonchev–Trinajstić information content (AvgIpc) is 4.38. The van der Waals surface area contributed by atoms with E-state index < -0.39 is 0 Å². The third-order valence-corrected chi connectivity index (χ3v) is 15.7. The highest BCUT2D eigenvalue weighted by molar-refractivity contribution is 6.17. The van der Waals surface area contributed by atoms with Gasteiger partial charge in [-0.1, -0.05) is 207 Å². The Labute approximate surface area is 473 Å². The maximum Gasteiger partial charge on any atom is 0.164 e. The fourth-order valence-electron chi connectivity index (χ4n) is 11.9. The van der Waals surface area contributed by atoms with Crippen molar-refractivity contribution in [3.63, 3.8) is 0 Å². The Hall–Kier alpha value is -11.0. The fraction of sp³-hybridized carbons (Fsp3) is 0.0132. The molecule has 0 aliphatic carbocycles. The number of hydrogen-bond donors (Lipinski definition) is 0. The standard InChI is InChI=1S/C76H50N4O2/c1-3-22-68-58(4-2)60-38-35-54(46-70(60)81-68)74-77-75(55-36-39-61-59-33-20-21-34-69(59)82-71(61)47-55)79-76(78-74)57-44-63(51-29-16-8-17-30-51)72(64(45-57)52-31-18-9-19-32-52)80-67-40-37-53(48-23-10-5-11-24-48)41-65(67)66-43-56(49-25-12-6-13-26-49)42-62(73(66)80)50-27-14-7-15-28-50/h3-47H,2H2,1H3/b22-3-. The van der Waals surface area contributed by atoms with Gasteiger partial charge in [0.15, 0.2) is 17.5 Å². The molecule has 0 N–H and O–H groups in total. The van der Waals surface area contributed by atoms with Gasteiger partial charge in [0.1, 0.15) is 22.5 Å². The molecule has 0 aliphatic rings. The zero-order chi connectivity index (χ0) is 54.7. The molecule has 0 unspecified atom stereocenters. The maximum absolute atomic E-state index is 6.49. The molecule has 0 atom stereocenters. The number of nitrogens with zero attached hydrogens (tertiary/aromatic N) is 4. The van der Waals surface area contributed by atoms with Crippen LogP contribution in [0.4, 0.5) is 0 Å². The molecule has 0 radical (unpaired) electrons. The summed E-state index contributed by atoms with van der Waals surface area (Å²) in [6, 6.07) is 90.4. The van der Waals surface area contributed by atoms with Crippen molar-refractivity contribution >= 4 is 66.9 Å². The number of allylic oxidation sites excluding steroid dienone is 1. The first-order valence-corrected chi connectivity index (χ1v) is 27.6. The molecule has 4 aromatic heterocycles.